The van der Waals surface area contributed by atoms with Crippen LogP contribution < -0.4 is 26.2 Å². The van der Waals surface area contributed by atoms with Crippen LogP contribution in [0.4, 0.5) is 34.1 Å². The molecule has 102 heavy (non-hydrogen) atoms. The number of anilines is 6. The molecule has 2 aliphatic rings. The number of fused-ring (bicyclic) bond motifs is 9. The van der Waals surface area contributed by atoms with Crippen molar-refractivity contribution in [2.75, 3.05) is 9.80 Å². The van der Waals surface area contributed by atoms with Gasteiger partial charge >= 0.3 is 0 Å². The molecule has 0 N–H and O–H groups in total. The molecule has 1 aromatic heterocycles. The largest absolute Gasteiger partial charge is 0.456 e. The summed E-state index contributed by atoms with van der Waals surface area (Å²) in [4.78, 5) is 5.45. The Balaban J connectivity index is 1.04. The molecule has 4 heteroatoms. The lowest BCUT2D eigenvalue weighted by molar-refractivity contribution is 0.590. The predicted octanol–water partition coefficient (Wildman–Crippen LogP) is 25.5. The van der Waals surface area contributed by atoms with Gasteiger partial charge in [-0.1, -0.05) is 317 Å². The summed E-state index contributed by atoms with van der Waals surface area (Å²) in [6.45, 7) is 21.0. The van der Waals surface area contributed by atoms with Crippen LogP contribution in [0.3, 0.4) is 0 Å². The van der Waals surface area contributed by atoms with Crippen molar-refractivity contribution in [3.8, 4) is 77.9 Å². The monoisotopic (exact) mass is 1310 g/mol. The average molecular weight is 1310 g/mol. The van der Waals surface area contributed by atoms with E-state index in [4.69, 9.17) is 4.42 Å². The molecule has 490 valence electrons. The van der Waals surface area contributed by atoms with Crippen LogP contribution in [0, 0.1) is 0 Å². The lowest BCUT2D eigenvalue weighted by Gasteiger charge is -2.47. The van der Waals surface area contributed by atoms with Crippen LogP contribution in [0.2, 0.25) is 0 Å². The van der Waals surface area contributed by atoms with Crippen molar-refractivity contribution in [2.24, 2.45) is 0 Å². The van der Waals surface area contributed by atoms with Gasteiger partial charge < -0.3 is 14.2 Å². The molecule has 0 radical (unpaired) electrons. The maximum Gasteiger partial charge on any atom is 0.252 e. The maximum absolute atomic E-state index is 6.72. The zero-order valence-corrected chi connectivity index (χ0v) is 59.4. The van der Waals surface area contributed by atoms with Crippen LogP contribution >= 0.6 is 0 Å². The van der Waals surface area contributed by atoms with Gasteiger partial charge in [-0.3, -0.25) is 0 Å². The summed E-state index contributed by atoms with van der Waals surface area (Å²) in [5, 5.41) is 7.09. The molecule has 0 amide bonds. The summed E-state index contributed by atoms with van der Waals surface area (Å²) in [5.74, 6) is 0. The molecule has 16 aromatic rings. The van der Waals surface area contributed by atoms with Gasteiger partial charge in [0.25, 0.3) is 6.71 Å². The third-order valence-electron chi connectivity index (χ3n) is 21.7. The van der Waals surface area contributed by atoms with E-state index in [0.717, 1.165) is 95.0 Å². The van der Waals surface area contributed by atoms with Gasteiger partial charge in [-0.15, -0.1) is 0 Å². The first kappa shape index (κ1) is 62.5. The molecular weight excluding hydrogens is 1230 g/mol. The third-order valence-corrected chi connectivity index (χ3v) is 21.7. The molecule has 15 aromatic carbocycles. The molecule has 0 spiro atoms. The third kappa shape index (κ3) is 10.3. The topological polar surface area (TPSA) is 19.6 Å². The first-order valence-corrected chi connectivity index (χ1v) is 36.1. The molecule has 0 unspecified atom stereocenters. The van der Waals surface area contributed by atoms with E-state index in [1.54, 1.807) is 0 Å². The molecule has 0 fully saturated rings. The number of furan rings is 1. The summed E-state index contributed by atoms with van der Waals surface area (Å²) < 4.78 is 6.72. The molecule has 0 atom stereocenters. The fraction of sp³-hybridized carbons (Fsp3) is 0.122. The Morgan fingerprint density at radius 3 is 1.08 bits per heavy atom. The second-order valence-electron chi connectivity index (χ2n) is 31.1. The second-order valence-corrected chi connectivity index (χ2v) is 31.1. The number of nitrogens with zero attached hydrogens (tertiary/aromatic N) is 2. The Labute approximate surface area is 599 Å². The van der Waals surface area contributed by atoms with Gasteiger partial charge in [0.1, 0.15) is 11.2 Å². The number of hydrogen-bond acceptors (Lipinski definition) is 3. The van der Waals surface area contributed by atoms with Crippen molar-refractivity contribution in [1.29, 1.82) is 0 Å². The van der Waals surface area contributed by atoms with Gasteiger partial charge in [-0.2, -0.15) is 0 Å². The molecule has 3 nitrogen and oxygen atoms in total. The lowest BCUT2D eigenvalue weighted by atomic mass is 9.33. The van der Waals surface area contributed by atoms with Gasteiger partial charge in [0.2, 0.25) is 0 Å². The Morgan fingerprint density at radius 2 is 0.627 bits per heavy atom. The van der Waals surface area contributed by atoms with Crippen molar-refractivity contribution in [1.82, 2.24) is 0 Å². The fourth-order valence-electron chi connectivity index (χ4n) is 16.6. The SMILES string of the molecule is CC(C)(C)c1cc(-c2ccccc2)c(N2c3ccc(-c4cccc5oc6ccccc6c45)cc3B3c4ccc(-c5c6ccccc6c(-c6ccccc6)c6ccccc56)cc4N(c4c(-c5ccccc5)cc(C(C)(C)C)cc4-c4ccccc4)c4cc(C(C)(C)C)cc2c43)c(-c2ccccc2)c1. The van der Waals surface area contributed by atoms with Crippen LogP contribution in [0.25, 0.3) is 121 Å². The highest BCUT2D eigenvalue weighted by atomic mass is 16.3. The standard InChI is InChI=1S/C98H79BN2O/c1-96(2,3)69-56-78(62-32-15-10-16-33-62)94(79(57-69)63-34-17-11-18-35-63)100-84-53-51-67(72-47-31-49-89-92(72)77-46-29-30-48-88(77)102-89)54-83(84)99-82-52-50-68(91-75-44-27-25-42-73(75)90(66-40-23-14-24-41-66)74-43-26-28-45-76(74)91)55-85(82)101(87-61-71(98(7,8)9)60-86(100)93(87)99)95-80(64-36-19-12-20-37-64)58-70(97(4,5)6)59-81(95)65-38-21-13-22-39-65/h10-61H,1-9H3. The number of hydrogen-bond donors (Lipinski definition) is 0. The van der Waals surface area contributed by atoms with E-state index < -0.39 is 0 Å². The molecule has 18 rings (SSSR count). The molecule has 0 bridgehead atoms. The zero-order valence-electron chi connectivity index (χ0n) is 59.4. The normalized spacial score (nSPS) is 12.9. The van der Waals surface area contributed by atoms with Crippen molar-refractivity contribution in [3.05, 3.63) is 332 Å². The quantitative estimate of drug-likeness (QED) is 0.106. The van der Waals surface area contributed by atoms with E-state index in [-0.39, 0.29) is 23.0 Å². The summed E-state index contributed by atoms with van der Waals surface area (Å²) >= 11 is 0. The molecule has 0 saturated carbocycles. The molecule has 3 heterocycles. The summed E-state index contributed by atoms with van der Waals surface area (Å²) in [5.41, 5.74) is 31.7. The minimum absolute atomic E-state index is 0.185. The highest BCUT2D eigenvalue weighted by Gasteiger charge is 2.47. The van der Waals surface area contributed by atoms with Gasteiger partial charge in [0.05, 0.1) is 11.4 Å². The van der Waals surface area contributed by atoms with Crippen molar-refractivity contribution >= 4 is 101 Å². The van der Waals surface area contributed by atoms with E-state index in [1.165, 1.54) is 93.6 Å². The van der Waals surface area contributed by atoms with Crippen LogP contribution in [-0.2, 0) is 16.2 Å². The first-order valence-electron chi connectivity index (χ1n) is 36.1. The minimum Gasteiger partial charge on any atom is -0.456 e. The Kier molecular flexibility index (Phi) is 14.7. The van der Waals surface area contributed by atoms with Gasteiger partial charge in [0, 0.05) is 55.8 Å². The Morgan fingerprint density at radius 1 is 0.255 bits per heavy atom. The smallest absolute Gasteiger partial charge is 0.252 e. The lowest BCUT2D eigenvalue weighted by Crippen LogP contribution is -2.61. The van der Waals surface area contributed by atoms with Crippen molar-refractivity contribution in [2.45, 2.75) is 78.6 Å². The fourth-order valence-corrected chi connectivity index (χ4v) is 16.6. The molecule has 0 saturated heterocycles. The molecule has 2 aliphatic heterocycles. The van der Waals surface area contributed by atoms with E-state index >= 15 is 0 Å². The van der Waals surface area contributed by atoms with Crippen LogP contribution in [-0.4, -0.2) is 6.71 Å². The van der Waals surface area contributed by atoms with Crippen LogP contribution in [0.5, 0.6) is 0 Å². The van der Waals surface area contributed by atoms with E-state index in [0.29, 0.717) is 0 Å². The van der Waals surface area contributed by atoms with E-state index in [1.807, 2.05) is 0 Å². The van der Waals surface area contributed by atoms with E-state index in [2.05, 4.69) is 388 Å². The second kappa shape index (κ2) is 24.0. The van der Waals surface area contributed by atoms with Crippen LogP contribution in [0.15, 0.2) is 320 Å². The number of benzene rings is 15. The van der Waals surface area contributed by atoms with Crippen molar-refractivity contribution in [3.63, 3.8) is 0 Å². The van der Waals surface area contributed by atoms with Gasteiger partial charge in [-0.25, -0.2) is 0 Å². The highest BCUT2D eigenvalue weighted by molar-refractivity contribution is 7.00. The summed E-state index contributed by atoms with van der Waals surface area (Å²) in [7, 11) is 0. The van der Waals surface area contributed by atoms with Gasteiger partial charge in [-0.05, 0) is 187 Å². The number of para-hydroxylation sites is 1. The van der Waals surface area contributed by atoms with Gasteiger partial charge in [0.15, 0.2) is 0 Å². The van der Waals surface area contributed by atoms with E-state index in [9.17, 15) is 0 Å². The first-order chi connectivity index (χ1) is 49.5. The highest BCUT2D eigenvalue weighted by Crippen LogP contribution is 2.56. The molecular formula is C98H79BN2O. The summed E-state index contributed by atoms with van der Waals surface area (Å²) in [6, 6.07) is 119. The molecule has 0 aliphatic carbocycles. The van der Waals surface area contributed by atoms with Crippen LogP contribution in [0.1, 0.15) is 79.0 Å². The average Bonchev–Trinajstić information content (AvgIpc) is 0.760. The number of rotatable bonds is 9. The van der Waals surface area contributed by atoms with Crippen molar-refractivity contribution < 1.29 is 4.42 Å². The minimum atomic E-state index is -0.323. The summed E-state index contributed by atoms with van der Waals surface area (Å²) in [6.07, 6.45) is 0. The predicted molar refractivity (Wildman–Crippen MR) is 437 cm³/mol. The Bertz CT molecular complexity index is 5810. The Hall–Kier alpha value is -11.7. The zero-order chi connectivity index (χ0) is 69.3. The maximum atomic E-state index is 6.72.